The molecule has 1 atom stereocenters. The molecule has 0 aliphatic carbocycles. The van der Waals surface area contributed by atoms with Gasteiger partial charge in [0.1, 0.15) is 16.8 Å². The summed E-state index contributed by atoms with van der Waals surface area (Å²) < 4.78 is 5.66. The standard InChI is InChI=1S/C14H19N3OS/c1-10-11(2)19-14(16-10)13(12-4-3-9-18-12)17-7-5-15-6-8-17/h3-4,9,13,15H,5-8H2,1-2H3. The molecule has 1 saturated heterocycles. The van der Waals surface area contributed by atoms with E-state index in [1.165, 1.54) is 4.88 Å². The van der Waals surface area contributed by atoms with Crippen LogP contribution in [0.5, 0.6) is 0 Å². The molecule has 3 heterocycles. The van der Waals surface area contributed by atoms with E-state index in [0.29, 0.717) is 0 Å². The van der Waals surface area contributed by atoms with Gasteiger partial charge in [0.15, 0.2) is 0 Å². The molecular formula is C14H19N3OS. The van der Waals surface area contributed by atoms with Crippen LogP contribution in [0.2, 0.25) is 0 Å². The van der Waals surface area contributed by atoms with E-state index < -0.39 is 0 Å². The van der Waals surface area contributed by atoms with Crippen molar-refractivity contribution in [1.82, 2.24) is 15.2 Å². The molecule has 19 heavy (non-hydrogen) atoms. The highest BCUT2D eigenvalue weighted by Gasteiger charge is 2.28. The lowest BCUT2D eigenvalue weighted by molar-refractivity contribution is 0.179. The summed E-state index contributed by atoms with van der Waals surface area (Å²) >= 11 is 1.78. The van der Waals surface area contributed by atoms with E-state index in [9.17, 15) is 0 Å². The average Bonchev–Trinajstić information content (AvgIpc) is 3.03. The predicted octanol–water partition coefficient (Wildman–Crippen LogP) is 2.35. The van der Waals surface area contributed by atoms with Crippen molar-refractivity contribution in [2.75, 3.05) is 26.2 Å². The van der Waals surface area contributed by atoms with E-state index in [1.807, 2.05) is 6.07 Å². The van der Waals surface area contributed by atoms with E-state index in [1.54, 1.807) is 17.6 Å². The number of thiazole rings is 1. The van der Waals surface area contributed by atoms with Crippen molar-refractivity contribution in [2.24, 2.45) is 0 Å². The summed E-state index contributed by atoms with van der Waals surface area (Å²) in [6, 6.07) is 4.17. The minimum absolute atomic E-state index is 0.162. The van der Waals surface area contributed by atoms with Gasteiger partial charge in [-0.05, 0) is 26.0 Å². The van der Waals surface area contributed by atoms with Crippen LogP contribution in [0.1, 0.15) is 27.4 Å². The van der Waals surface area contributed by atoms with Gasteiger partial charge in [0.25, 0.3) is 0 Å². The molecule has 3 rings (SSSR count). The summed E-state index contributed by atoms with van der Waals surface area (Å²) in [5.41, 5.74) is 1.13. The third kappa shape index (κ3) is 2.59. The number of piperazine rings is 1. The first-order valence-electron chi connectivity index (χ1n) is 6.68. The Morgan fingerprint density at radius 1 is 1.37 bits per heavy atom. The van der Waals surface area contributed by atoms with Crippen LogP contribution in [0, 0.1) is 13.8 Å². The van der Waals surface area contributed by atoms with Crippen molar-refractivity contribution in [3.05, 3.63) is 39.7 Å². The second-order valence-electron chi connectivity index (χ2n) is 4.90. The van der Waals surface area contributed by atoms with Gasteiger partial charge in [-0.3, -0.25) is 4.90 Å². The monoisotopic (exact) mass is 277 g/mol. The quantitative estimate of drug-likeness (QED) is 0.935. The summed E-state index contributed by atoms with van der Waals surface area (Å²) in [6.45, 7) is 8.33. The van der Waals surface area contributed by atoms with Crippen LogP contribution >= 0.6 is 11.3 Å². The van der Waals surface area contributed by atoms with Gasteiger partial charge in [-0.2, -0.15) is 0 Å². The third-order valence-corrected chi connectivity index (χ3v) is 4.73. The highest BCUT2D eigenvalue weighted by Crippen LogP contribution is 2.33. The van der Waals surface area contributed by atoms with Gasteiger partial charge in [0.2, 0.25) is 0 Å². The number of furan rings is 1. The molecule has 4 nitrogen and oxygen atoms in total. The Balaban J connectivity index is 1.96. The maximum absolute atomic E-state index is 5.66. The predicted molar refractivity (Wildman–Crippen MR) is 76.6 cm³/mol. The Labute approximate surface area is 117 Å². The molecule has 2 aromatic rings. The lowest BCUT2D eigenvalue weighted by atomic mass is 10.1. The number of aryl methyl sites for hydroxylation is 2. The van der Waals surface area contributed by atoms with Crippen LogP contribution in [0.3, 0.4) is 0 Å². The number of aromatic nitrogens is 1. The SMILES string of the molecule is Cc1nc(C(c2ccco2)N2CCNCC2)sc1C. The van der Waals surface area contributed by atoms with E-state index in [0.717, 1.165) is 42.6 Å². The van der Waals surface area contributed by atoms with Gasteiger partial charge in [-0.15, -0.1) is 11.3 Å². The first kappa shape index (κ1) is 12.8. The van der Waals surface area contributed by atoms with Crippen molar-refractivity contribution in [3.63, 3.8) is 0 Å². The molecular weight excluding hydrogens is 258 g/mol. The molecule has 0 bridgehead atoms. The number of hydrogen-bond acceptors (Lipinski definition) is 5. The van der Waals surface area contributed by atoms with Gasteiger partial charge in [0, 0.05) is 31.1 Å². The molecule has 0 aromatic carbocycles. The molecule has 1 fully saturated rings. The van der Waals surface area contributed by atoms with E-state index in [-0.39, 0.29) is 6.04 Å². The average molecular weight is 277 g/mol. The van der Waals surface area contributed by atoms with Gasteiger partial charge in [-0.25, -0.2) is 4.98 Å². The zero-order valence-corrected chi connectivity index (χ0v) is 12.2. The minimum Gasteiger partial charge on any atom is -0.467 e. The van der Waals surface area contributed by atoms with Crippen LogP contribution in [-0.2, 0) is 0 Å². The molecule has 1 unspecified atom stereocenters. The molecule has 1 aliphatic rings. The second-order valence-corrected chi connectivity index (χ2v) is 6.13. The normalized spacial score (nSPS) is 18.6. The fraction of sp³-hybridized carbons (Fsp3) is 0.500. The van der Waals surface area contributed by atoms with Crippen molar-refractivity contribution in [1.29, 1.82) is 0 Å². The minimum atomic E-state index is 0.162. The van der Waals surface area contributed by atoms with Crippen molar-refractivity contribution in [3.8, 4) is 0 Å². The Kier molecular flexibility index (Phi) is 3.68. The third-order valence-electron chi connectivity index (χ3n) is 3.61. The summed E-state index contributed by atoms with van der Waals surface area (Å²) in [7, 11) is 0. The van der Waals surface area contributed by atoms with Crippen LogP contribution < -0.4 is 5.32 Å². The molecule has 0 amide bonds. The van der Waals surface area contributed by atoms with Gasteiger partial charge < -0.3 is 9.73 Å². The smallest absolute Gasteiger partial charge is 0.127 e. The van der Waals surface area contributed by atoms with Crippen LogP contribution in [0.4, 0.5) is 0 Å². The van der Waals surface area contributed by atoms with Crippen molar-refractivity contribution in [2.45, 2.75) is 19.9 Å². The van der Waals surface area contributed by atoms with Crippen LogP contribution in [0.25, 0.3) is 0 Å². The Bertz CT molecular complexity index is 509. The van der Waals surface area contributed by atoms with Gasteiger partial charge in [-0.1, -0.05) is 0 Å². The largest absolute Gasteiger partial charge is 0.467 e. The summed E-state index contributed by atoms with van der Waals surface area (Å²) in [5, 5.41) is 4.54. The Hall–Kier alpha value is -1.17. The Morgan fingerprint density at radius 2 is 2.16 bits per heavy atom. The maximum atomic E-state index is 5.66. The fourth-order valence-corrected chi connectivity index (χ4v) is 3.53. The van der Waals surface area contributed by atoms with E-state index in [2.05, 4.69) is 30.1 Å². The zero-order valence-electron chi connectivity index (χ0n) is 11.3. The second kappa shape index (κ2) is 5.45. The van der Waals surface area contributed by atoms with Crippen LogP contribution in [0.15, 0.2) is 22.8 Å². The topological polar surface area (TPSA) is 41.3 Å². The summed E-state index contributed by atoms with van der Waals surface area (Å²) in [5.74, 6) is 0.996. The lowest BCUT2D eigenvalue weighted by Gasteiger charge is -2.32. The van der Waals surface area contributed by atoms with Crippen molar-refractivity contribution < 1.29 is 4.42 Å². The number of nitrogens with one attached hydrogen (secondary N) is 1. The fourth-order valence-electron chi connectivity index (χ4n) is 2.46. The molecule has 102 valence electrons. The molecule has 5 heteroatoms. The summed E-state index contributed by atoms with van der Waals surface area (Å²) in [6.07, 6.45) is 1.75. The molecule has 2 aromatic heterocycles. The number of nitrogens with zero attached hydrogens (tertiary/aromatic N) is 2. The highest BCUT2D eigenvalue weighted by molar-refractivity contribution is 7.11. The van der Waals surface area contributed by atoms with E-state index >= 15 is 0 Å². The molecule has 0 saturated carbocycles. The summed E-state index contributed by atoms with van der Waals surface area (Å²) in [4.78, 5) is 8.48. The van der Waals surface area contributed by atoms with Crippen molar-refractivity contribution >= 4 is 11.3 Å². The zero-order chi connectivity index (χ0) is 13.2. The lowest BCUT2D eigenvalue weighted by Crippen LogP contribution is -2.45. The maximum Gasteiger partial charge on any atom is 0.127 e. The molecule has 1 N–H and O–H groups in total. The first-order valence-corrected chi connectivity index (χ1v) is 7.49. The van der Waals surface area contributed by atoms with Gasteiger partial charge in [0.05, 0.1) is 12.0 Å². The molecule has 0 radical (unpaired) electrons. The van der Waals surface area contributed by atoms with E-state index in [4.69, 9.17) is 9.40 Å². The van der Waals surface area contributed by atoms with Crippen LogP contribution in [-0.4, -0.2) is 36.1 Å². The Morgan fingerprint density at radius 3 is 2.74 bits per heavy atom. The number of rotatable bonds is 3. The highest BCUT2D eigenvalue weighted by atomic mass is 32.1. The first-order chi connectivity index (χ1) is 9.25. The molecule has 1 aliphatic heterocycles. The molecule has 0 spiro atoms. The number of hydrogen-bond donors (Lipinski definition) is 1. The van der Waals surface area contributed by atoms with Gasteiger partial charge >= 0.3 is 0 Å².